The van der Waals surface area contributed by atoms with Crippen LogP contribution in [0.25, 0.3) is 0 Å². The highest BCUT2D eigenvalue weighted by Gasteiger charge is 2.94. The third-order valence-corrected chi connectivity index (χ3v) is 6.93. The number of esters is 1. The Labute approximate surface area is 93.5 Å². The zero-order valence-electron chi connectivity index (χ0n) is 9.13. The zero-order valence-corrected chi connectivity index (χ0v) is 9.13. The summed E-state index contributed by atoms with van der Waals surface area (Å²) in [6, 6.07) is 0. The SMILES string of the molecule is CC(=O)O[C@@]12O[C@@H]3[C@@H]4[C@@H]5[C@@H]6C[C@@H]([C@H]5[C@H]41)[C@H]2[C@@H]63. The molecular formula is C13H14O3. The smallest absolute Gasteiger partial charge is 0.305 e. The van der Waals surface area contributed by atoms with Crippen molar-refractivity contribution in [2.45, 2.75) is 25.2 Å². The van der Waals surface area contributed by atoms with E-state index in [0.29, 0.717) is 17.9 Å². The van der Waals surface area contributed by atoms with Crippen LogP contribution < -0.4 is 0 Å². The molecule has 3 nitrogen and oxygen atoms in total. The Bertz CT molecular complexity index is 450. The van der Waals surface area contributed by atoms with Gasteiger partial charge in [0.15, 0.2) is 0 Å². The van der Waals surface area contributed by atoms with Gasteiger partial charge in [-0.3, -0.25) is 4.79 Å². The van der Waals surface area contributed by atoms with Gasteiger partial charge in [-0.1, -0.05) is 0 Å². The fraction of sp³-hybridized carbons (Fsp3) is 0.923. The maximum atomic E-state index is 11.4. The van der Waals surface area contributed by atoms with Gasteiger partial charge in [0.05, 0.1) is 6.10 Å². The second-order valence-electron chi connectivity index (χ2n) is 6.82. The van der Waals surface area contributed by atoms with Crippen molar-refractivity contribution in [1.29, 1.82) is 0 Å². The molecule has 2 aliphatic heterocycles. The summed E-state index contributed by atoms with van der Waals surface area (Å²) in [6.45, 7) is 1.53. The first-order valence-electron chi connectivity index (χ1n) is 6.61. The van der Waals surface area contributed by atoms with Gasteiger partial charge in [-0.25, -0.2) is 0 Å². The summed E-state index contributed by atoms with van der Waals surface area (Å²) in [5, 5.41) is 0. The first-order chi connectivity index (χ1) is 7.74. The Balaban J connectivity index is 1.62. The van der Waals surface area contributed by atoms with Gasteiger partial charge in [-0.15, -0.1) is 0 Å². The van der Waals surface area contributed by atoms with Crippen molar-refractivity contribution in [2.75, 3.05) is 0 Å². The van der Waals surface area contributed by atoms with E-state index in [1.165, 1.54) is 13.3 Å². The lowest BCUT2D eigenvalue weighted by atomic mass is 9.59. The van der Waals surface area contributed by atoms with Gasteiger partial charge in [-0.05, 0) is 41.9 Å². The molecule has 0 unspecified atom stereocenters. The fourth-order valence-corrected chi connectivity index (χ4v) is 7.31. The molecule has 5 saturated carbocycles. The molecule has 10 atom stereocenters. The fourth-order valence-electron chi connectivity index (χ4n) is 7.31. The highest BCUT2D eigenvalue weighted by atomic mass is 16.7. The molecular weight excluding hydrogens is 204 g/mol. The van der Waals surface area contributed by atoms with Crippen LogP contribution in [0.2, 0.25) is 0 Å². The van der Waals surface area contributed by atoms with E-state index in [0.717, 1.165) is 35.5 Å². The number of ether oxygens (including phenoxy) is 2. The van der Waals surface area contributed by atoms with Crippen LogP contribution >= 0.6 is 0 Å². The Morgan fingerprint density at radius 3 is 2.88 bits per heavy atom. The van der Waals surface area contributed by atoms with Crippen molar-refractivity contribution < 1.29 is 14.3 Å². The van der Waals surface area contributed by atoms with E-state index >= 15 is 0 Å². The van der Waals surface area contributed by atoms with Crippen LogP contribution in [0, 0.1) is 47.3 Å². The first-order valence-corrected chi connectivity index (χ1v) is 6.61. The predicted octanol–water partition coefficient (Wildman–Crippen LogP) is 1.03. The molecule has 4 bridgehead atoms. The van der Waals surface area contributed by atoms with Gasteiger partial charge in [0, 0.05) is 18.8 Å². The van der Waals surface area contributed by atoms with E-state index in [1.807, 2.05) is 0 Å². The second-order valence-corrected chi connectivity index (χ2v) is 6.82. The molecule has 0 radical (unpaired) electrons. The van der Waals surface area contributed by atoms with Crippen LogP contribution in [0.15, 0.2) is 0 Å². The molecule has 3 heteroatoms. The van der Waals surface area contributed by atoms with Crippen LogP contribution in [-0.2, 0) is 14.3 Å². The van der Waals surface area contributed by atoms with Crippen LogP contribution in [0.4, 0.5) is 0 Å². The number of hydrogen-bond acceptors (Lipinski definition) is 3. The third-order valence-electron chi connectivity index (χ3n) is 6.93. The molecule has 0 aromatic rings. The molecule has 2 heterocycles. The summed E-state index contributed by atoms with van der Waals surface area (Å²) in [5.41, 5.74) is 0. The van der Waals surface area contributed by atoms with Crippen LogP contribution in [0.5, 0.6) is 0 Å². The largest absolute Gasteiger partial charge is 0.433 e. The van der Waals surface area contributed by atoms with E-state index in [1.54, 1.807) is 0 Å². The van der Waals surface area contributed by atoms with E-state index in [2.05, 4.69) is 0 Å². The molecule has 7 fully saturated rings. The van der Waals surface area contributed by atoms with Gasteiger partial charge in [0.25, 0.3) is 0 Å². The summed E-state index contributed by atoms with van der Waals surface area (Å²) in [6.07, 6.45) is 1.88. The Morgan fingerprint density at radius 1 is 1.19 bits per heavy atom. The molecule has 16 heavy (non-hydrogen) atoms. The Kier molecular flexibility index (Phi) is 0.848. The Hall–Kier alpha value is -0.570. The highest BCUT2D eigenvalue weighted by Crippen LogP contribution is 2.90. The number of carbonyl (C=O) groups excluding carboxylic acids is 1. The molecule has 2 saturated heterocycles. The molecule has 7 rings (SSSR count). The molecule has 0 aromatic heterocycles. The van der Waals surface area contributed by atoms with E-state index in [9.17, 15) is 4.79 Å². The molecule has 0 amide bonds. The van der Waals surface area contributed by atoms with Crippen molar-refractivity contribution >= 4 is 5.97 Å². The van der Waals surface area contributed by atoms with E-state index in [-0.39, 0.29) is 5.97 Å². The van der Waals surface area contributed by atoms with Crippen LogP contribution in [-0.4, -0.2) is 17.9 Å². The third kappa shape index (κ3) is 0.430. The van der Waals surface area contributed by atoms with Gasteiger partial charge < -0.3 is 9.47 Å². The van der Waals surface area contributed by atoms with Gasteiger partial charge in [0.1, 0.15) is 0 Å². The highest BCUT2D eigenvalue weighted by molar-refractivity contribution is 5.67. The normalized spacial score (nSPS) is 77.7. The minimum Gasteiger partial charge on any atom is -0.433 e. The lowest BCUT2D eigenvalue weighted by Gasteiger charge is -2.44. The monoisotopic (exact) mass is 218 g/mol. The molecule has 0 N–H and O–H groups in total. The maximum absolute atomic E-state index is 11.4. The van der Waals surface area contributed by atoms with Gasteiger partial charge in [-0.2, -0.15) is 0 Å². The van der Waals surface area contributed by atoms with Crippen molar-refractivity contribution in [1.82, 2.24) is 0 Å². The molecule has 84 valence electrons. The lowest BCUT2D eigenvalue weighted by Crippen LogP contribution is -2.50. The second kappa shape index (κ2) is 1.76. The van der Waals surface area contributed by atoms with E-state index in [4.69, 9.17) is 9.47 Å². The number of rotatable bonds is 1. The Morgan fingerprint density at radius 2 is 2.06 bits per heavy atom. The molecule has 0 spiro atoms. The minimum atomic E-state index is -0.442. The average molecular weight is 218 g/mol. The summed E-state index contributed by atoms with van der Waals surface area (Å²) >= 11 is 0. The molecule has 5 aliphatic carbocycles. The van der Waals surface area contributed by atoms with Crippen molar-refractivity contribution in [3.63, 3.8) is 0 Å². The molecule has 0 aromatic carbocycles. The summed E-state index contributed by atoms with van der Waals surface area (Å²) in [5.74, 6) is 5.71. The maximum Gasteiger partial charge on any atom is 0.305 e. The van der Waals surface area contributed by atoms with Gasteiger partial charge >= 0.3 is 5.97 Å². The standard InChI is InChI=1S/C13H14O3/c1-3(14)15-13-10-5-2-4-6-7(5)11(13)9(6)12(16-13)8(4)10/h4-12H,2H2,1H3/t4-,5-,6+,7+,8+,9+,10-,11+,12-,13-/m0/s1. The van der Waals surface area contributed by atoms with Gasteiger partial charge in [0.2, 0.25) is 5.79 Å². The summed E-state index contributed by atoms with van der Waals surface area (Å²) in [7, 11) is 0. The van der Waals surface area contributed by atoms with Crippen LogP contribution in [0.3, 0.4) is 0 Å². The zero-order chi connectivity index (χ0) is 10.4. The van der Waals surface area contributed by atoms with Crippen molar-refractivity contribution in [3.05, 3.63) is 0 Å². The van der Waals surface area contributed by atoms with E-state index < -0.39 is 5.79 Å². The number of hydrogen-bond donors (Lipinski definition) is 0. The lowest BCUT2D eigenvalue weighted by molar-refractivity contribution is -0.228. The molecule has 7 aliphatic rings. The van der Waals surface area contributed by atoms with Crippen molar-refractivity contribution in [3.8, 4) is 0 Å². The van der Waals surface area contributed by atoms with Crippen LogP contribution in [0.1, 0.15) is 13.3 Å². The quantitative estimate of drug-likeness (QED) is 0.617. The predicted molar refractivity (Wildman–Crippen MR) is 51.9 cm³/mol. The number of carbonyl (C=O) groups is 1. The van der Waals surface area contributed by atoms with Crippen molar-refractivity contribution in [2.24, 2.45) is 47.3 Å². The first kappa shape index (κ1) is 7.70. The average Bonchev–Trinajstić information content (AvgIpc) is 2.73. The summed E-state index contributed by atoms with van der Waals surface area (Å²) < 4.78 is 11.9. The minimum absolute atomic E-state index is 0.145. The summed E-state index contributed by atoms with van der Waals surface area (Å²) in [4.78, 5) is 11.4. The topological polar surface area (TPSA) is 35.5 Å².